The van der Waals surface area contributed by atoms with Crippen molar-refractivity contribution in [2.75, 3.05) is 11.9 Å². The van der Waals surface area contributed by atoms with Crippen molar-refractivity contribution in [1.82, 2.24) is 4.57 Å². The van der Waals surface area contributed by atoms with Crippen LogP contribution in [0.4, 0.5) is 5.69 Å². The molecule has 1 aromatic heterocycles. The Morgan fingerprint density at radius 2 is 1.95 bits per heavy atom. The van der Waals surface area contributed by atoms with Crippen molar-refractivity contribution in [2.45, 2.75) is 39.7 Å². The Morgan fingerprint density at radius 3 is 2.62 bits per heavy atom. The first kappa shape index (κ1) is 13.9. The first-order valence-electron chi connectivity index (χ1n) is 7.59. The third-order valence-electron chi connectivity index (χ3n) is 4.28. The van der Waals surface area contributed by atoms with Crippen molar-refractivity contribution < 1.29 is 4.79 Å². The van der Waals surface area contributed by atoms with Crippen LogP contribution in [0, 0.1) is 20.8 Å². The number of Topliss-reactive ketones (excluding diaryl/α,β-unsaturated/α-hetero) is 1. The van der Waals surface area contributed by atoms with Crippen LogP contribution in [-0.4, -0.2) is 16.9 Å². The first-order valence-corrected chi connectivity index (χ1v) is 7.59. The Morgan fingerprint density at radius 1 is 1.24 bits per heavy atom. The Balaban J connectivity index is 1.74. The molecule has 3 rings (SSSR count). The molecule has 21 heavy (non-hydrogen) atoms. The summed E-state index contributed by atoms with van der Waals surface area (Å²) in [5, 5.41) is 3.25. The number of aryl methyl sites for hydroxylation is 2. The predicted octanol–water partition coefficient (Wildman–Crippen LogP) is 4.04. The number of carbonyl (C=O) groups is 1. The minimum Gasteiger partial charge on any atom is -0.377 e. The van der Waals surface area contributed by atoms with E-state index in [9.17, 15) is 4.79 Å². The molecule has 110 valence electrons. The maximum absolute atomic E-state index is 12.5. The van der Waals surface area contributed by atoms with Gasteiger partial charge >= 0.3 is 0 Å². The molecule has 0 atom stereocenters. The third kappa shape index (κ3) is 2.73. The van der Waals surface area contributed by atoms with Crippen molar-refractivity contribution in [3.63, 3.8) is 0 Å². The van der Waals surface area contributed by atoms with Gasteiger partial charge in [-0.1, -0.05) is 18.2 Å². The number of nitrogens with one attached hydrogen (secondary N) is 1. The fraction of sp³-hybridized carbons (Fsp3) is 0.389. The van der Waals surface area contributed by atoms with Gasteiger partial charge in [0.05, 0.1) is 6.54 Å². The summed E-state index contributed by atoms with van der Waals surface area (Å²) in [5.74, 6) is 0.165. The maximum atomic E-state index is 12.5. The van der Waals surface area contributed by atoms with Gasteiger partial charge in [0.25, 0.3) is 0 Å². The molecule has 1 saturated carbocycles. The lowest BCUT2D eigenvalue weighted by Crippen LogP contribution is -2.15. The quantitative estimate of drug-likeness (QED) is 0.840. The van der Waals surface area contributed by atoms with E-state index in [2.05, 4.69) is 23.7 Å². The molecule has 1 aliphatic rings. The molecular formula is C18H22N2O. The normalized spacial score (nSPS) is 14.2. The molecule has 1 aliphatic carbocycles. The zero-order valence-electron chi connectivity index (χ0n) is 12.9. The van der Waals surface area contributed by atoms with Gasteiger partial charge in [-0.25, -0.2) is 0 Å². The van der Waals surface area contributed by atoms with Crippen LogP contribution in [0.2, 0.25) is 0 Å². The Kier molecular flexibility index (Phi) is 3.58. The zero-order valence-corrected chi connectivity index (χ0v) is 12.9. The molecule has 0 bridgehead atoms. The summed E-state index contributed by atoms with van der Waals surface area (Å²) >= 11 is 0. The largest absolute Gasteiger partial charge is 0.377 e. The number of anilines is 1. The van der Waals surface area contributed by atoms with Crippen LogP contribution in [0.1, 0.15) is 46.2 Å². The van der Waals surface area contributed by atoms with E-state index in [1.54, 1.807) is 0 Å². The number of benzene rings is 1. The highest BCUT2D eigenvalue weighted by atomic mass is 16.1. The Labute approximate surface area is 126 Å². The highest BCUT2D eigenvalue weighted by Gasteiger charge is 2.28. The fourth-order valence-corrected chi connectivity index (χ4v) is 3.00. The summed E-state index contributed by atoms with van der Waals surface area (Å²) in [7, 11) is 0. The molecule has 1 fully saturated rings. The minimum atomic E-state index is 0.165. The monoisotopic (exact) mass is 282 g/mol. The van der Waals surface area contributed by atoms with Gasteiger partial charge in [0.1, 0.15) is 0 Å². The average Bonchev–Trinajstić information content (AvgIpc) is 3.24. The summed E-state index contributed by atoms with van der Waals surface area (Å²) in [4.78, 5) is 12.5. The van der Waals surface area contributed by atoms with Gasteiger partial charge in [0.15, 0.2) is 5.78 Å². The number of carbonyl (C=O) groups excluding carboxylic acids is 1. The van der Waals surface area contributed by atoms with E-state index in [-0.39, 0.29) is 5.78 Å². The molecule has 0 radical (unpaired) electrons. The lowest BCUT2D eigenvalue weighted by atomic mass is 10.1. The lowest BCUT2D eigenvalue weighted by Gasteiger charge is -2.09. The molecule has 0 amide bonds. The van der Waals surface area contributed by atoms with Crippen LogP contribution in [0.3, 0.4) is 0 Å². The third-order valence-corrected chi connectivity index (χ3v) is 4.28. The summed E-state index contributed by atoms with van der Waals surface area (Å²) in [6.07, 6.45) is 2.48. The molecule has 0 spiro atoms. The van der Waals surface area contributed by atoms with Gasteiger partial charge in [0.2, 0.25) is 0 Å². The topological polar surface area (TPSA) is 34.0 Å². The number of nitrogens with zero attached hydrogens (tertiary/aromatic N) is 1. The SMILES string of the molecule is Cc1ccccc1NCC(=O)c1cc(C)n(C2CC2)c1C. The van der Waals surface area contributed by atoms with Gasteiger partial charge in [-0.15, -0.1) is 0 Å². The first-order chi connectivity index (χ1) is 10.1. The number of hydrogen-bond acceptors (Lipinski definition) is 2. The number of ketones is 1. The lowest BCUT2D eigenvalue weighted by molar-refractivity contribution is 0.101. The van der Waals surface area contributed by atoms with E-state index < -0.39 is 0 Å². The molecule has 1 aromatic carbocycles. The number of aromatic nitrogens is 1. The molecule has 2 aromatic rings. The highest BCUT2D eigenvalue weighted by Crippen LogP contribution is 2.38. The van der Waals surface area contributed by atoms with Crippen LogP contribution >= 0.6 is 0 Å². The molecule has 0 aliphatic heterocycles. The van der Waals surface area contributed by atoms with Crippen molar-refractivity contribution in [2.24, 2.45) is 0 Å². The Bertz CT molecular complexity index is 681. The van der Waals surface area contributed by atoms with Crippen LogP contribution in [0.25, 0.3) is 0 Å². The van der Waals surface area contributed by atoms with E-state index in [4.69, 9.17) is 0 Å². The Hall–Kier alpha value is -2.03. The van der Waals surface area contributed by atoms with Crippen LogP contribution in [0.5, 0.6) is 0 Å². The van der Waals surface area contributed by atoms with E-state index in [0.717, 1.165) is 22.5 Å². The van der Waals surface area contributed by atoms with Crippen LogP contribution < -0.4 is 5.32 Å². The van der Waals surface area contributed by atoms with Crippen LogP contribution in [-0.2, 0) is 0 Å². The van der Waals surface area contributed by atoms with Gasteiger partial charge in [-0.05, 0) is 51.3 Å². The fourth-order valence-electron chi connectivity index (χ4n) is 3.00. The summed E-state index contributed by atoms with van der Waals surface area (Å²) in [6.45, 7) is 6.55. The minimum absolute atomic E-state index is 0.165. The molecule has 1 N–H and O–H groups in total. The standard InChI is InChI=1S/C18H22N2O/c1-12-6-4-5-7-17(12)19-11-18(21)16-10-13(2)20(14(16)3)15-8-9-15/h4-7,10,15,19H,8-9,11H2,1-3H3. The second-order valence-corrected chi connectivity index (χ2v) is 5.98. The second kappa shape index (κ2) is 5.40. The summed E-state index contributed by atoms with van der Waals surface area (Å²) in [6, 6.07) is 10.7. The summed E-state index contributed by atoms with van der Waals surface area (Å²) < 4.78 is 2.32. The zero-order chi connectivity index (χ0) is 15.0. The van der Waals surface area contributed by atoms with E-state index >= 15 is 0 Å². The second-order valence-electron chi connectivity index (χ2n) is 5.98. The van der Waals surface area contributed by atoms with E-state index in [0.29, 0.717) is 12.6 Å². The van der Waals surface area contributed by atoms with Crippen molar-refractivity contribution in [1.29, 1.82) is 0 Å². The molecule has 0 unspecified atom stereocenters. The smallest absolute Gasteiger partial charge is 0.183 e. The van der Waals surface area contributed by atoms with Gasteiger partial charge in [0, 0.05) is 28.7 Å². The molecule has 1 heterocycles. The van der Waals surface area contributed by atoms with Crippen LogP contribution in [0.15, 0.2) is 30.3 Å². The molecule has 3 nitrogen and oxygen atoms in total. The van der Waals surface area contributed by atoms with Gasteiger partial charge in [-0.2, -0.15) is 0 Å². The van der Waals surface area contributed by atoms with Gasteiger partial charge < -0.3 is 9.88 Å². The molecular weight excluding hydrogens is 260 g/mol. The average molecular weight is 282 g/mol. The van der Waals surface area contributed by atoms with Crippen molar-refractivity contribution in [3.8, 4) is 0 Å². The summed E-state index contributed by atoms with van der Waals surface area (Å²) in [5.41, 5.74) is 5.37. The van der Waals surface area contributed by atoms with Crippen molar-refractivity contribution >= 4 is 11.5 Å². The molecule has 3 heteroatoms. The number of para-hydroxylation sites is 1. The van der Waals surface area contributed by atoms with E-state index in [1.165, 1.54) is 18.5 Å². The number of rotatable bonds is 5. The van der Waals surface area contributed by atoms with Crippen molar-refractivity contribution in [3.05, 3.63) is 52.8 Å². The predicted molar refractivity (Wildman–Crippen MR) is 86.2 cm³/mol. The van der Waals surface area contributed by atoms with Gasteiger partial charge in [-0.3, -0.25) is 4.79 Å². The van der Waals surface area contributed by atoms with E-state index in [1.807, 2.05) is 37.3 Å². The maximum Gasteiger partial charge on any atom is 0.183 e. The molecule has 0 saturated heterocycles. The number of hydrogen-bond donors (Lipinski definition) is 1. The highest BCUT2D eigenvalue weighted by molar-refractivity contribution is 6.00.